The van der Waals surface area contributed by atoms with E-state index >= 15 is 0 Å². The second kappa shape index (κ2) is 7.63. The maximum Gasteiger partial charge on any atom is 0.396 e. The minimum absolute atomic E-state index is 0.0352. The monoisotopic (exact) mass is 410 g/mol. The summed E-state index contributed by atoms with van der Waals surface area (Å²) in [5.74, 6) is 0. The second-order valence-electron chi connectivity index (χ2n) is 5.65. The van der Waals surface area contributed by atoms with E-state index in [-0.39, 0.29) is 29.6 Å². The number of alkyl halides is 5. The summed E-state index contributed by atoms with van der Waals surface area (Å²) < 4.78 is 65.2. The van der Waals surface area contributed by atoms with Crippen molar-refractivity contribution >= 4 is 15.9 Å². The van der Waals surface area contributed by atoms with Gasteiger partial charge in [0.15, 0.2) is 0 Å². The Bertz CT molecular complexity index is 609. The molecule has 2 heterocycles. The molecule has 1 saturated carbocycles. The van der Waals surface area contributed by atoms with Crippen LogP contribution in [0.3, 0.4) is 0 Å². The summed E-state index contributed by atoms with van der Waals surface area (Å²) >= 11 is 2.94. The molecule has 24 heavy (non-hydrogen) atoms. The normalized spacial score (nSPS) is 16.3. The average Bonchev–Trinajstić information content (AvgIpc) is 2.85. The van der Waals surface area contributed by atoms with E-state index in [0.717, 1.165) is 6.07 Å². The molecule has 0 spiro atoms. The second-order valence-corrected chi connectivity index (χ2v) is 6.40. The first-order valence-electron chi connectivity index (χ1n) is 7.31. The largest absolute Gasteiger partial charge is 0.396 e. The molecule has 2 aromatic heterocycles. The lowest BCUT2D eigenvalue weighted by atomic mass is 9.68. The van der Waals surface area contributed by atoms with E-state index < -0.39 is 18.0 Å². The van der Waals surface area contributed by atoms with Crippen molar-refractivity contribution in [3.05, 3.63) is 53.0 Å². The van der Waals surface area contributed by atoms with Gasteiger partial charge >= 0.3 is 6.18 Å². The summed E-state index contributed by atoms with van der Waals surface area (Å²) in [5.41, 5.74) is -2.03. The van der Waals surface area contributed by atoms with Gasteiger partial charge in [-0.3, -0.25) is 4.98 Å². The van der Waals surface area contributed by atoms with Crippen LogP contribution in [0.4, 0.5) is 22.0 Å². The molecule has 0 N–H and O–H groups in total. The van der Waals surface area contributed by atoms with E-state index in [1.165, 1.54) is 10.8 Å². The fourth-order valence-electron chi connectivity index (χ4n) is 2.53. The summed E-state index contributed by atoms with van der Waals surface area (Å²) in [5, 5.41) is 0. The summed E-state index contributed by atoms with van der Waals surface area (Å²) in [6.45, 7) is -0.302. The number of hydrogen-bond acceptors (Lipinski definition) is 1. The molecule has 8 heteroatoms. The van der Waals surface area contributed by atoms with E-state index in [4.69, 9.17) is 0 Å². The number of halogens is 6. The third kappa shape index (κ3) is 4.15. The van der Waals surface area contributed by atoms with Crippen LogP contribution in [0, 0.1) is 5.41 Å². The first kappa shape index (κ1) is 18.9. The first-order valence-corrected chi connectivity index (χ1v) is 8.10. The van der Waals surface area contributed by atoms with Crippen molar-refractivity contribution in [1.82, 2.24) is 9.55 Å². The van der Waals surface area contributed by atoms with Crippen molar-refractivity contribution in [2.24, 2.45) is 5.41 Å². The SMILES string of the molecule is FC(F)c1ccn(CC2(C(F)(F)F)CCC2)c1Br.c1ccncc1. The summed E-state index contributed by atoms with van der Waals surface area (Å²) in [6.07, 6.45) is -1.56. The number of aromatic nitrogens is 2. The number of rotatable bonds is 3. The molecule has 1 aliphatic rings. The van der Waals surface area contributed by atoms with E-state index in [9.17, 15) is 22.0 Å². The predicted molar refractivity (Wildman–Crippen MR) is 83.7 cm³/mol. The minimum Gasteiger partial charge on any atom is -0.341 e. The van der Waals surface area contributed by atoms with Gasteiger partial charge in [-0.25, -0.2) is 8.78 Å². The van der Waals surface area contributed by atoms with Gasteiger partial charge in [0.1, 0.15) is 0 Å². The molecule has 0 amide bonds. The van der Waals surface area contributed by atoms with Crippen LogP contribution in [-0.4, -0.2) is 15.7 Å². The minimum atomic E-state index is -4.29. The Balaban J connectivity index is 0.000000292. The third-order valence-corrected chi connectivity index (χ3v) is 5.02. The van der Waals surface area contributed by atoms with E-state index in [2.05, 4.69) is 20.9 Å². The Morgan fingerprint density at radius 2 is 1.79 bits per heavy atom. The Morgan fingerprint density at radius 3 is 2.08 bits per heavy atom. The zero-order valence-corrected chi connectivity index (χ0v) is 14.2. The van der Waals surface area contributed by atoms with Crippen LogP contribution in [0.5, 0.6) is 0 Å². The predicted octanol–water partition coefficient (Wildman–Crippen LogP) is 6.00. The highest BCUT2D eigenvalue weighted by Gasteiger charge is 2.58. The van der Waals surface area contributed by atoms with Crippen LogP contribution in [-0.2, 0) is 6.54 Å². The molecule has 1 fully saturated rings. The van der Waals surface area contributed by atoms with Crippen molar-refractivity contribution < 1.29 is 22.0 Å². The van der Waals surface area contributed by atoms with Gasteiger partial charge < -0.3 is 4.57 Å². The average molecular weight is 411 g/mol. The molecule has 2 nitrogen and oxygen atoms in total. The van der Waals surface area contributed by atoms with Crippen molar-refractivity contribution in [3.63, 3.8) is 0 Å². The molecule has 0 unspecified atom stereocenters. The highest BCUT2D eigenvalue weighted by atomic mass is 79.9. The molecular weight excluding hydrogens is 395 g/mol. The lowest BCUT2D eigenvalue weighted by Gasteiger charge is -2.43. The Morgan fingerprint density at radius 1 is 1.17 bits per heavy atom. The van der Waals surface area contributed by atoms with Gasteiger partial charge in [0.25, 0.3) is 6.43 Å². The van der Waals surface area contributed by atoms with Crippen LogP contribution >= 0.6 is 15.9 Å². The Hall–Kier alpha value is -1.44. The lowest BCUT2D eigenvalue weighted by Crippen LogP contribution is -2.47. The molecule has 0 bridgehead atoms. The van der Waals surface area contributed by atoms with Gasteiger partial charge in [0.05, 0.1) is 15.6 Å². The van der Waals surface area contributed by atoms with Crippen molar-refractivity contribution in [2.75, 3.05) is 0 Å². The Labute approximate surface area is 144 Å². The zero-order chi connectivity index (χ0) is 17.8. The zero-order valence-electron chi connectivity index (χ0n) is 12.6. The third-order valence-electron chi connectivity index (χ3n) is 4.11. The summed E-state index contributed by atoms with van der Waals surface area (Å²) in [7, 11) is 0. The molecule has 0 aliphatic heterocycles. The maximum atomic E-state index is 13.0. The van der Waals surface area contributed by atoms with Crippen LogP contribution in [0.1, 0.15) is 31.3 Å². The van der Waals surface area contributed by atoms with E-state index in [1.54, 1.807) is 12.4 Å². The summed E-state index contributed by atoms with van der Waals surface area (Å²) in [6, 6.07) is 6.87. The molecule has 3 rings (SSSR count). The fourth-order valence-corrected chi connectivity index (χ4v) is 3.08. The highest BCUT2D eigenvalue weighted by molar-refractivity contribution is 9.10. The molecule has 1 aliphatic carbocycles. The van der Waals surface area contributed by atoms with Crippen LogP contribution < -0.4 is 0 Å². The van der Waals surface area contributed by atoms with E-state index in [0.29, 0.717) is 6.42 Å². The van der Waals surface area contributed by atoms with Crippen molar-refractivity contribution in [1.29, 1.82) is 0 Å². The molecule has 132 valence electrons. The van der Waals surface area contributed by atoms with Crippen LogP contribution in [0.15, 0.2) is 47.5 Å². The van der Waals surface area contributed by atoms with Gasteiger partial charge in [0, 0.05) is 25.1 Å². The molecule has 0 radical (unpaired) electrons. The lowest BCUT2D eigenvalue weighted by molar-refractivity contribution is -0.256. The maximum absolute atomic E-state index is 13.0. The molecular formula is C16H16BrF5N2. The molecule has 0 atom stereocenters. The topological polar surface area (TPSA) is 17.8 Å². The van der Waals surface area contributed by atoms with Gasteiger partial charge in [-0.2, -0.15) is 13.2 Å². The Kier molecular flexibility index (Phi) is 6.01. The highest BCUT2D eigenvalue weighted by Crippen LogP contribution is 2.54. The van der Waals surface area contributed by atoms with Crippen molar-refractivity contribution in [3.8, 4) is 0 Å². The van der Waals surface area contributed by atoms with Gasteiger partial charge in [-0.1, -0.05) is 12.5 Å². The van der Waals surface area contributed by atoms with Crippen LogP contribution in [0.2, 0.25) is 0 Å². The van der Waals surface area contributed by atoms with Crippen molar-refractivity contribution in [2.45, 2.75) is 38.4 Å². The van der Waals surface area contributed by atoms with Gasteiger partial charge in [-0.05, 0) is 47.0 Å². The molecule has 0 aromatic carbocycles. The quantitative estimate of drug-likeness (QED) is 0.567. The van der Waals surface area contributed by atoms with E-state index in [1.807, 2.05) is 18.2 Å². The molecule has 2 aromatic rings. The van der Waals surface area contributed by atoms with Gasteiger partial charge in [-0.15, -0.1) is 0 Å². The number of hydrogen-bond donors (Lipinski definition) is 0. The smallest absolute Gasteiger partial charge is 0.341 e. The van der Waals surface area contributed by atoms with Crippen LogP contribution in [0.25, 0.3) is 0 Å². The fraction of sp³-hybridized carbons (Fsp3) is 0.438. The number of nitrogens with zero attached hydrogens (tertiary/aromatic N) is 2. The van der Waals surface area contributed by atoms with Gasteiger partial charge in [0.2, 0.25) is 0 Å². The standard InChI is InChI=1S/C11H11BrF5N.C5H5N/c12-8-7(9(13)14)2-5-18(8)6-10(3-1-4-10)11(15,16)17;1-2-4-6-5-3-1/h2,5,9H,1,3-4,6H2;1-5H. The summed E-state index contributed by atoms with van der Waals surface area (Å²) in [4.78, 5) is 3.78. The first-order chi connectivity index (χ1) is 11.3. The molecule has 0 saturated heterocycles. The number of pyridine rings is 1.